The number of hydrogen-bond acceptors (Lipinski definition) is 6. The highest BCUT2D eigenvalue weighted by molar-refractivity contribution is 7.89. The van der Waals surface area contributed by atoms with Gasteiger partial charge >= 0.3 is 0 Å². The van der Waals surface area contributed by atoms with Crippen molar-refractivity contribution >= 4 is 37.5 Å². The monoisotopic (exact) mass is 398 g/mol. The Morgan fingerprint density at radius 2 is 2.27 bits per heavy atom. The fourth-order valence-electron chi connectivity index (χ4n) is 3.25. The van der Waals surface area contributed by atoms with Crippen LogP contribution in [0.4, 0.5) is 0 Å². The summed E-state index contributed by atoms with van der Waals surface area (Å²) in [6, 6.07) is 1.09. The predicted molar refractivity (Wildman–Crippen MR) is 101 cm³/mol. The van der Waals surface area contributed by atoms with E-state index in [0.29, 0.717) is 41.8 Å². The number of H-pyrrole nitrogens is 1. The second-order valence-corrected chi connectivity index (χ2v) is 9.38. The fourth-order valence-corrected chi connectivity index (χ4v) is 5.72. The molecule has 0 bridgehead atoms. The first-order valence-corrected chi connectivity index (χ1v) is 11.0. The Morgan fingerprint density at radius 1 is 1.50 bits per heavy atom. The SMILES string of the molecule is CCCS(=O)(=O)N1CCCC1C(=O)N(C)Cc1nc2ccsc2c(=O)[nH]1. The molecule has 0 radical (unpaired) electrons. The number of likely N-dealkylation sites (N-methyl/N-ethyl adjacent to an activating group) is 1. The van der Waals surface area contributed by atoms with Crippen LogP contribution >= 0.6 is 11.3 Å². The third-order valence-corrected chi connectivity index (χ3v) is 7.41. The Morgan fingerprint density at radius 3 is 3.00 bits per heavy atom. The quantitative estimate of drug-likeness (QED) is 0.786. The van der Waals surface area contributed by atoms with Gasteiger partial charge in [-0.25, -0.2) is 13.4 Å². The van der Waals surface area contributed by atoms with Crippen molar-refractivity contribution in [1.82, 2.24) is 19.2 Å². The number of sulfonamides is 1. The van der Waals surface area contributed by atoms with Crippen molar-refractivity contribution in [2.24, 2.45) is 0 Å². The van der Waals surface area contributed by atoms with Crippen LogP contribution in [-0.4, -0.2) is 58.9 Å². The smallest absolute Gasteiger partial charge is 0.268 e. The van der Waals surface area contributed by atoms with Gasteiger partial charge in [0, 0.05) is 13.6 Å². The first-order valence-electron chi connectivity index (χ1n) is 8.54. The molecule has 1 aliphatic rings. The second kappa shape index (κ2) is 7.45. The Balaban J connectivity index is 1.77. The van der Waals surface area contributed by atoms with E-state index in [9.17, 15) is 18.0 Å². The Hall–Kier alpha value is -1.78. The summed E-state index contributed by atoms with van der Waals surface area (Å²) >= 11 is 1.32. The number of rotatable bonds is 6. The number of hydrogen-bond donors (Lipinski definition) is 1. The van der Waals surface area contributed by atoms with Crippen LogP contribution < -0.4 is 5.56 Å². The zero-order valence-corrected chi connectivity index (χ0v) is 16.4. The maximum Gasteiger partial charge on any atom is 0.268 e. The lowest BCUT2D eigenvalue weighted by molar-refractivity contribution is -0.133. The second-order valence-electron chi connectivity index (χ2n) is 6.43. The fraction of sp³-hybridized carbons (Fsp3) is 0.562. The van der Waals surface area contributed by atoms with Gasteiger partial charge < -0.3 is 9.88 Å². The number of thiophene rings is 1. The molecule has 2 aromatic rings. The number of fused-ring (bicyclic) bond motifs is 1. The van der Waals surface area contributed by atoms with Gasteiger partial charge in [0.1, 0.15) is 16.6 Å². The van der Waals surface area contributed by atoms with Gasteiger partial charge in [-0.2, -0.15) is 4.31 Å². The van der Waals surface area contributed by atoms with Gasteiger partial charge in [0.2, 0.25) is 15.9 Å². The molecule has 3 rings (SSSR count). The summed E-state index contributed by atoms with van der Waals surface area (Å²) in [5, 5.41) is 1.79. The lowest BCUT2D eigenvalue weighted by Crippen LogP contribution is -2.47. The average molecular weight is 399 g/mol. The van der Waals surface area contributed by atoms with E-state index >= 15 is 0 Å². The number of nitrogens with zero attached hydrogens (tertiary/aromatic N) is 3. The van der Waals surface area contributed by atoms with Crippen molar-refractivity contribution in [2.45, 2.75) is 38.8 Å². The van der Waals surface area contributed by atoms with E-state index in [1.54, 1.807) is 25.4 Å². The number of aromatic amines is 1. The molecular formula is C16H22N4O4S2. The predicted octanol–water partition coefficient (Wildman–Crippen LogP) is 1.15. The first kappa shape index (κ1) is 19.0. The van der Waals surface area contributed by atoms with Gasteiger partial charge in [-0.3, -0.25) is 9.59 Å². The number of aromatic nitrogens is 2. The van der Waals surface area contributed by atoms with E-state index < -0.39 is 16.1 Å². The largest absolute Gasteiger partial charge is 0.337 e. The number of amides is 1. The van der Waals surface area contributed by atoms with Gasteiger partial charge in [0.05, 0.1) is 17.8 Å². The van der Waals surface area contributed by atoms with Crippen molar-refractivity contribution < 1.29 is 13.2 Å². The molecule has 1 unspecified atom stereocenters. The Labute approximate surface area is 155 Å². The van der Waals surface area contributed by atoms with Crippen LogP contribution in [-0.2, 0) is 21.4 Å². The van der Waals surface area contributed by atoms with Gasteiger partial charge in [0.25, 0.3) is 5.56 Å². The number of carbonyl (C=O) groups excluding carboxylic acids is 1. The van der Waals surface area contributed by atoms with E-state index in [1.165, 1.54) is 20.5 Å². The summed E-state index contributed by atoms with van der Waals surface area (Å²) < 4.78 is 26.7. The molecule has 1 amide bonds. The Kier molecular flexibility index (Phi) is 5.44. The molecule has 1 fully saturated rings. The van der Waals surface area contributed by atoms with Crippen LogP contribution in [0.15, 0.2) is 16.2 Å². The first-order chi connectivity index (χ1) is 12.3. The summed E-state index contributed by atoms with van der Waals surface area (Å²) in [6.07, 6.45) is 1.70. The zero-order valence-electron chi connectivity index (χ0n) is 14.8. The molecule has 10 heteroatoms. The molecule has 0 saturated carbocycles. The lowest BCUT2D eigenvalue weighted by Gasteiger charge is -2.27. The highest BCUT2D eigenvalue weighted by atomic mass is 32.2. The molecule has 1 atom stereocenters. The molecule has 1 aliphatic heterocycles. The molecule has 1 saturated heterocycles. The molecule has 8 nitrogen and oxygen atoms in total. The van der Waals surface area contributed by atoms with E-state index in [-0.39, 0.29) is 23.8 Å². The minimum Gasteiger partial charge on any atom is -0.337 e. The summed E-state index contributed by atoms with van der Waals surface area (Å²) in [5.41, 5.74) is 0.372. The number of nitrogens with one attached hydrogen (secondary N) is 1. The maximum absolute atomic E-state index is 12.8. The van der Waals surface area contributed by atoms with Crippen LogP contribution in [0.5, 0.6) is 0 Å². The molecule has 142 valence electrons. The summed E-state index contributed by atoms with van der Waals surface area (Å²) in [7, 11) is -1.82. The highest BCUT2D eigenvalue weighted by Crippen LogP contribution is 2.24. The summed E-state index contributed by atoms with van der Waals surface area (Å²) in [5.74, 6) is 0.164. The van der Waals surface area contributed by atoms with Crippen molar-refractivity contribution in [2.75, 3.05) is 19.3 Å². The van der Waals surface area contributed by atoms with E-state index in [4.69, 9.17) is 0 Å². The normalized spacial score (nSPS) is 18.5. The van der Waals surface area contributed by atoms with Gasteiger partial charge in [-0.05, 0) is 30.7 Å². The lowest BCUT2D eigenvalue weighted by atomic mass is 10.2. The zero-order chi connectivity index (χ0) is 18.9. The van der Waals surface area contributed by atoms with Crippen molar-refractivity contribution in [3.63, 3.8) is 0 Å². The van der Waals surface area contributed by atoms with Gasteiger partial charge in [-0.15, -0.1) is 11.3 Å². The van der Waals surface area contributed by atoms with E-state index in [2.05, 4.69) is 9.97 Å². The van der Waals surface area contributed by atoms with E-state index in [1.807, 2.05) is 0 Å². The van der Waals surface area contributed by atoms with E-state index in [0.717, 1.165) is 0 Å². The van der Waals surface area contributed by atoms with Crippen LogP contribution in [0.25, 0.3) is 10.2 Å². The topological polar surface area (TPSA) is 103 Å². The van der Waals surface area contributed by atoms with Crippen LogP contribution in [0.1, 0.15) is 32.0 Å². The summed E-state index contributed by atoms with van der Waals surface area (Å²) in [6.45, 7) is 2.31. The third kappa shape index (κ3) is 3.67. The van der Waals surface area contributed by atoms with Gasteiger partial charge in [0.15, 0.2) is 0 Å². The molecule has 1 N–H and O–H groups in total. The van der Waals surface area contributed by atoms with Gasteiger partial charge in [-0.1, -0.05) is 6.92 Å². The van der Waals surface area contributed by atoms with Crippen molar-refractivity contribution in [1.29, 1.82) is 0 Å². The molecule has 0 spiro atoms. The molecule has 2 aromatic heterocycles. The Bertz CT molecular complexity index is 966. The van der Waals surface area contributed by atoms with Crippen LogP contribution in [0, 0.1) is 0 Å². The maximum atomic E-state index is 12.8. The minimum atomic E-state index is -3.42. The molecule has 0 aliphatic carbocycles. The molecule has 3 heterocycles. The van der Waals surface area contributed by atoms with Crippen molar-refractivity contribution in [3.05, 3.63) is 27.6 Å². The molecular weight excluding hydrogens is 376 g/mol. The average Bonchev–Trinajstić information content (AvgIpc) is 3.23. The van der Waals surface area contributed by atoms with Crippen LogP contribution in [0.3, 0.4) is 0 Å². The standard InChI is InChI=1S/C16H22N4O4S2/c1-3-9-26(23,24)20-7-4-5-12(20)16(22)19(2)10-13-17-11-6-8-25-14(11)15(21)18-13/h6,8,12H,3-5,7,9-10H2,1-2H3,(H,17,18,21). The number of carbonyl (C=O) groups is 1. The highest BCUT2D eigenvalue weighted by Gasteiger charge is 2.39. The van der Waals surface area contributed by atoms with Crippen molar-refractivity contribution in [3.8, 4) is 0 Å². The molecule has 0 aromatic carbocycles. The van der Waals surface area contributed by atoms with Crippen LogP contribution in [0.2, 0.25) is 0 Å². The third-order valence-electron chi connectivity index (χ3n) is 4.44. The summed E-state index contributed by atoms with van der Waals surface area (Å²) in [4.78, 5) is 33.4. The minimum absolute atomic E-state index is 0.0458. The molecule has 26 heavy (non-hydrogen) atoms.